The van der Waals surface area contributed by atoms with Gasteiger partial charge in [-0.2, -0.15) is 13.5 Å². The smallest absolute Gasteiger partial charge is 0.282 e. The first kappa shape index (κ1) is 10.7. The lowest BCUT2D eigenvalue weighted by Crippen LogP contribution is -1.97. The zero-order valence-electron chi connectivity index (χ0n) is 8.08. The van der Waals surface area contributed by atoms with E-state index in [0.29, 0.717) is 16.5 Å². The average Bonchev–Trinajstić information content (AvgIpc) is 2.26. The normalized spacial score (nSPS) is 11.6. The van der Waals surface area contributed by atoms with Crippen LogP contribution in [0.25, 0.3) is 10.8 Å². The fourth-order valence-electron chi connectivity index (χ4n) is 1.50. The quantitative estimate of drug-likeness (QED) is 0.620. The maximum atomic E-state index is 10.9. The minimum Gasteiger partial charge on any atom is -0.282 e. The van der Waals surface area contributed by atoms with E-state index < -0.39 is 10.1 Å². The zero-order valence-corrected chi connectivity index (χ0v) is 8.90. The predicted octanol–water partition coefficient (Wildman–Crippen LogP) is 2.75. The topological polar surface area (TPSA) is 90.6 Å². The second kappa shape index (κ2) is 3.66. The monoisotopic (exact) mass is 236 g/mol. The largest absolute Gasteiger partial charge is 0.294 e. The summed E-state index contributed by atoms with van der Waals surface area (Å²) in [5.74, 6) is 0. The van der Waals surface area contributed by atoms with Gasteiger partial charge in [0.15, 0.2) is 0 Å². The van der Waals surface area contributed by atoms with Crippen molar-refractivity contribution in [3.8, 4) is 0 Å². The van der Waals surface area contributed by atoms with Crippen molar-refractivity contribution in [3.63, 3.8) is 0 Å². The molecule has 0 amide bonds. The van der Waals surface area contributed by atoms with Gasteiger partial charge in [-0.3, -0.25) is 4.55 Å². The van der Waals surface area contributed by atoms with Crippen LogP contribution in [0.15, 0.2) is 46.4 Å². The van der Waals surface area contributed by atoms with Crippen LogP contribution >= 0.6 is 0 Å². The summed E-state index contributed by atoms with van der Waals surface area (Å²) in [6.45, 7) is 0. The van der Waals surface area contributed by atoms with Gasteiger partial charge in [0, 0.05) is 5.39 Å². The molecule has 6 heteroatoms. The van der Waals surface area contributed by atoms with Crippen LogP contribution in [0.1, 0.15) is 0 Å². The SMILES string of the molecule is N=Nc1cccc2cc(S(=O)(=O)O)ccc12. The third-order valence-corrected chi connectivity index (χ3v) is 3.10. The van der Waals surface area contributed by atoms with Crippen molar-refractivity contribution < 1.29 is 13.0 Å². The fraction of sp³-hybridized carbons (Fsp3) is 0. The summed E-state index contributed by atoms with van der Waals surface area (Å²) in [5, 5.41) is 4.61. The van der Waals surface area contributed by atoms with Crippen LogP contribution < -0.4 is 0 Å². The highest BCUT2D eigenvalue weighted by atomic mass is 32.2. The standard InChI is InChI=1S/C10H8N2O3S/c11-12-10-3-1-2-7-6-8(16(13,14)15)4-5-9(7)10/h1-6,11H,(H,13,14,15). The number of fused-ring (bicyclic) bond motifs is 1. The Morgan fingerprint density at radius 2 is 1.94 bits per heavy atom. The van der Waals surface area contributed by atoms with Crippen LogP contribution in [-0.2, 0) is 10.1 Å². The highest BCUT2D eigenvalue weighted by molar-refractivity contribution is 7.85. The van der Waals surface area contributed by atoms with Crippen LogP contribution in [0.5, 0.6) is 0 Å². The van der Waals surface area contributed by atoms with Crippen molar-refractivity contribution in [1.29, 1.82) is 5.53 Å². The molecule has 0 heterocycles. The molecule has 5 nitrogen and oxygen atoms in total. The molecule has 0 aliphatic rings. The molecule has 82 valence electrons. The van der Waals surface area contributed by atoms with Crippen molar-refractivity contribution in [2.45, 2.75) is 4.90 Å². The maximum absolute atomic E-state index is 10.9. The molecule has 2 aromatic rings. The van der Waals surface area contributed by atoms with Crippen molar-refractivity contribution in [3.05, 3.63) is 36.4 Å². The molecule has 0 saturated heterocycles. The van der Waals surface area contributed by atoms with Crippen LogP contribution in [0.2, 0.25) is 0 Å². The Kier molecular flexibility index (Phi) is 2.45. The molecule has 0 fully saturated rings. The van der Waals surface area contributed by atoms with Gasteiger partial charge in [-0.25, -0.2) is 5.53 Å². The minimum absolute atomic E-state index is 0.165. The Morgan fingerprint density at radius 1 is 1.19 bits per heavy atom. The van der Waals surface area contributed by atoms with E-state index in [-0.39, 0.29) is 4.90 Å². The molecule has 0 aromatic heterocycles. The van der Waals surface area contributed by atoms with Gasteiger partial charge in [0.05, 0.1) is 10.6 Å². The first-order chi connectivity index (χ1) is 7.52. The molecule has 2 aromatic carbocycles. The Labute approximate surface area is 92.0 Å². The van der Waals surface area contributed by atoms with Crippen LogP contribution in [0.3, 0.4) is 0 Å². The lowest BCUT2D eigenvalue weighted by Gasteiger charge is -2.02. The average molecular weight is 236 g/mol. The van der Waals surface area contributed by atoms with Crippen molar-refractivity contribution >= 4 is 26.6 Å². The summed E-state index contributed by atoms with van der Waals surface area (Å²) < 4.78 is 30.7. The highest BCUT2D eigenvalue weighted by Gasteiger charge is 2.10. The zero-order chi connectivity index (χ0) is 11.8. The van der Waals surface area contributed by atoms with Gasteiger partial charge in [0.2, 0.25) is 0 Å². The van der Waals surface area contributed by atoms with E-state index >= 15 is 0 Å². The molecule has 0 unspecified atom stereocenters. The molecule has 2 rings (SSSR count). The van der Waals surface area contributed by atoms with Gasteiger partial charge in [0.25, 0.3) is 10.1 Å². The number of nitrogens with zero attached hydrogens (tertiary/aromatic N) is 1. The van der Waals surface area contributed by atoms with Gasteiger partial charge in [0.1, 0.15) is 0 Å². The Morgan fingerprint density at radius 3 is 2.56 bits per heavy atom. The molecule has 0 saturated carbocycles. The van der Waals surface area contributed by atoms with Crippen molar-refractivity contribution in [2.75, 3.05) is 0 Å². The van der Waals surface area contributed by atoms with E-state index in [9.17, 15) is 8.42 Å². The molecule has 0 bridgehead atoms. The summed E-state index contributed by atoms with van der Waals surface area (Å²) in [6.07, 6.45) is 0. The Balaban J connectivity index is 2.79. The third kappa shape index (κ3) is 1.80. The van der Waals surface area contributed by atoms with E-state index in [2.05, 4.69) is 5.11 Å². The second-order valence-electron chi connectivity index (χ2n) is 3.25. The van der Waals surface area contributed by atoms with E-state index in [1.807, 2.05) is 0 Å². The number of hydrogen-bond donors (Lipinski definition) is 2. The maximum Gasteiger partial charge on any atom is 0.294 e. The first-order valence-electron chi connectivity index (χ1n) is 4.40. The van der Waals surface area contributed by atoms with Crippen molar-refractivity contribution in [2.24, 2.45) is 5.11 Å². The molecule has 2 N–H and O–H groups in total. The summed E-state index contributed by atoms with van der Waals surface area (Å²) in [6, 6.07) is 9.17. The van der Waals surface area contributed by atoms with Crippen LogP contribution in [0.4, 0.5) is 5.69 Å². The Bertz CT molecular complexity index is 665. The molecule has 16 heavy (non-hydrogen) atoms. The van der Waals surface area contributed by atoms with E-state index in [1.54, 1.807) is 18.2 Å². The van der Waals surface area contributed by atoms with Gasteiger partial charge in [-0.1, -0.05) is 18.2 Å². The summed E-state index contributed by atoms with van der Waals surface area (Å²) >= 11 is 0. The van der Waals surface area contributed by atoms with E-state index in [1.165, 1.54) is 18.2 Å². The summed E-state index contributed by atoms with van der Waals surface area (Å²) in [7, 11) is -4.19. The summed E-state index contributed by atoms with van der Waals surface area (Å²) in [4.78, 5) is -0.165. The van der Waals surface area contributed by atoms with Crippen LogP contribution in [0, 0.1) is 5.53 Å². The Hall–Kier alpha value is -1.79. The lowest BCUT2D eigenvalue weighted by atomic mass is 10.1. The molecule has 0 radical (unpaired) electrons. The number of nitrogens with one attached hydrogen (secondary N) is 1. The molecule has 0 aliphatic carbocycles. The fourth-order valence-corrected chi connectivity index (χ4v) is 2.02. The molecule has 0 spiro atoms. The minimum atomic E-state index is -4.19. The lowest BCUT2D eigenvalue weighted by molar-refractivity contribution is 0.483. The van der Waals surface area contributed by atoms with Gasteiger partial charge >= 0.3 is 0 Å². The summed E-state index contributed by atoms with van der Waals surface area (Å²) in [5.41, 5.74) is 7.42. The molecular weight excluding hydrogens is 228 g/mol. The van der Waals surface area contributed by atoms with Gasteiger partial charge < -0.3 is 0 Å². The van der Waals surface area contributed by atoms with E-state index in [0.717, 1.165) is 0 Å². The molecular formula is C10H8N2O3S. The van der Waals surface area contributed by atoms with Gasteiger partial charge in [-0.05, 0) is 23.6 Å². The second-order valence-corrected chi connectivity index (χ2v) is 4.67. The van der Waals surface area contributed by atoms with E-state index in [4.69, 9.17) is 10.1 Å². The third-order valence-electron chi connectivity index (χ3n) is 2.25. The molecule has 0 atom stereocenters. The number of benzene rings is 2. The van der Waals surface area contributed by atoms with Crippen molar-refractivity contribution in [1.82, 2.24) is 0 Å². The number of hydrogen-bond acceptors (Lipinski definition) is 4. The molecule has 0 aliphatic heterocycles. The van der Waals surface area contributed by atoms with Gasteiger partial charge in [-0.15, -0.1) is 0 Å². The number of rotatable bonds is 2. The highest BCUT2D eigenvalue weighted by Crippen LogP contribution is 2.27. The predicted molar refractivity (Wildman–Crippen MR) is 58.6 cm³/mol. The first-order valence-corrected chi connectivity index (χ1v) is 5.84. The van der Waals surface area contributed by atoms with Crippen LogP contribution in [-0.4, -0.2) is 13.0 Å².